The average molecular weight is 375 g/mol. The molecule has 0 rings (SSSR count). The van der Waals surface area contributed by atoms with Crippen LogP contribution in [0.25, 0.3) is 0 Å². The van der Waals surface area contributed by atoms with Gasteiger partial charge in [0.15, 0.2) is 0 Å². The van der Waals surface area contributed by atoms with Crippen molar-refractivity contribution in [1.29, 1.82) is 0 Å². The van der Waals surface area contributed by atoms with Crippen LogP contribution < -0.4 is 0 Å². The van der Waals surface area contributed by atoms with Crippen molar-refractivity contribution in [2.24, 2.45) is 17.8 Å². The number of rotatable bonds is 16. The molecular weight excluding hydrogens is 332 g/mol. The number of unbranched alkanes of at least 4 members (excludes halogenated alkanes) is 5. The summed E-state index contributed by atoms with van der Waals surface area (Å²) < 4.78 is 0. The van der Waals surface area contributed by atoms with Gasteiger partial charge in [0.1, 0.15) is 0 Å². The number of hydrogen-bond acceptors (Lipinski definition) is 0. The summed E-state index contributed by atoms with van der Waals surface area (Å²) in [5.41, 5.74) is 0. The quantitative estimate of drug-likeness (QED) is 0.188. The van der Waals surface area contributed by atoms with Crippen LogP contribution in [0.15, 0.2) is 0 Å². The highest BCUT2D eigenvalue weighted by Gasteiger charge is 2.05. The van der Waals surface area contributed by atoms with E-state index >= 15 is 0 Å². The molecule has 0 N–H and O–H groups in total. The first kappa shape index (κ1) is 22.5. The molecule has 0 radical (unpaired) electrons. The molecule has 3 atom stereocenters. The van der Waals surface area contributed by atoms with Gasteiger partial charge in [-0.25, -0.2) is 0 Å². The van der Waals surface area contributed by atoms with E-state index in [0.717, 1.165) is 17.8 Å². The molecule has 0 aromatic heterocycles. The third-order valence-electron chi connectivity index (χ3n) is 5.10. The van der Waals surface area contributed by atoms with Gasteiger partial charge in [0, 0.05) is 5.33 Å². The summed E-state index contributed by atoms with van der Waals surface area (Å²) in [5, 5.41) is 1.17. The third kappa shape index (κ3) is 15.4. The summed E-state index contributed by atoms with van der Waals surface area (Å²) in [5.74, 6) is 2.75. The number of hydrogen-bond donors (Lipinski definition) is 0. The van der Waals surface area contributed by atoms with Gasteiger partial charge in [0.2, 0.25) is 0 Å². The Bertz CT molecular complexity index is 214. The normalized spacial score (nSPS) is 15.7. The molecule has 0 aliphatic rings. The monoisotopic (exact) mass is 374 g/mol. The summed E-state index contributed by atoms with van der Waals surface area (Å²) in [7, 11) is 0. The minimum Gasteiger partial charge on any atom is -0.0925 e. The minimum atomic E-state index is 0.854. The highest BCUT2D eigenvalue weighted by Crippen LogP contribution is 2.20. The lowest BCUT2D eigenvalue weighted by Gasteiger charge is -2.13. The summed E-state index contributed by atoms with van der Waals surface area (Å²) in [6.07, 6.45) is 18.7. The van der Waals surface area contributed by atoms with Crippen LogP contribution in [0.1, 0.15) is 111 Å². The van der Waals surface area contributed by atoms with E-state index in [1.807, 2.05) is 0 Å². The van der Waals surface area contributed by atoms with E-state index in [0.29, 0.717) is 0 Å². The van der Waals surface area contributed by atoms with E-state index in [2.05, 4.69) is 43.6 Å². The van der Waals surface area contributed by atoms with Gasteiger partial charge in [-0.3, -0.25) is 0 Å². The van der Waals surface area contributed by atoms with E-state index in [9.17, 15) is 0 Å². The fraction of sp³-hybridized carbons (Fsp3) is 1.00. The van der Waals surface area contributed by atoms with Gasteiger partial charge in [-0.2, -0.15) is 0 Å². The maximum Gasteiger partial charge on any atom is 0.00570 e. The Hall–Kier alpha value is 0.480. The van der Waals surface area contributed by atoms with E-state index in [4.69, 9.17) is 0 Å². The lowest BCUT2D eigenvalue weighted by atomic mass is 9.94. The second-order valence-corrected chi connectivity index (χ2v) is 8.54. The van der Waals surface area contributed by atoms with Crippen molar-refractivity contribution in [2.45, 2.75) is 111 Å². The SMILES string of the molecule is CCCCC(C)CCCCCCCC(C)CCCC(C)CBr. The van der Waals surface area contributed by atoms with Crippen LogP contribution in [0, 0.1) is 17.8 Å². The van der Waals surface area contributed by atoms with Gasteiger partial charge in [0.05, 0.1) is 0 Å². The third-order valence-corrected chi connectivity index (χ3v) is 6.21. The Labute approximate surface area is 150 Å². The van der Waals surface area contributed by atoms with Crippen molar-refractivity contribution < 1.29 is 0 Å². The average Bonchev–Trinajstić information content (AvgIpc) is 2.51. The molecule has 22 heavy (non-hydrogen) atoms. The molecule has 0 nitrogen and oxygen atoms in total. The smallest absolute Gasteiger partial charge is 0.00570 e. The Morgan fingerprint density at radius 2 is 0.955 bits per heavy atom. The Morgan fingerprint density at radius 1 is 0.545 bits per heavy atom. The molecule has 0 saturated carbocycles. The van der Waals surface area contributed by atoms with E-state index in [1.165, 1.54) is 88.8 Å². The first-order valence-electron chi connectivity index (χ1n) is 10.2. The zero-order valence-electron chi connectivity index (χ0n) is 16.0. The summed E-state index contributed by atoms with van der Waals surface area (Å²) in [6.45, 7) is 9.54. The molecule has 0 aliphatic heterocycles. The molecule has 0 aromatic carbocycles. The van der Waals surface area contributed by atoms with E-state index in [-0.39, 0.29) is 0 Å². The Morgan fingerprint density at radius 3 is 1.45 bits per heavy atom. The topological polar surface area (TPSA) is 0 Å². The summed E-state index contributed by atoms with van der Waals surface area (Å²) in [4.78, 5) is 0. The van der Waals surface area contributed by atoms with Crippen LogP contribution in [-0.4, -0.2) is 5.33 Å². The molecule has 0 aliphatic carbocycles. The highest BCUT2D eigenvalue weighted by molar-refractivity contribution is 9.09. The van der Waals surface area contributed by atoms with E-state index in [1.54, 1.807) is 0 Å². The first-order valence-corrected chi connectivity index (χ1v) is 11.3. The molecule has 0 spiro atoms. The molecule has 3 unspecified atom stereocenters. The van der Waals surface area contributed by atoms with Crippen LogP contribution in [-0.2, 0) is 0 Å². The van der Waals surface area contributed by atoms with Gasteiger partial charge in [-0.1, -0.05) is 121 Å². The number of alkyl halides is 1. The zero-order valence-corrected chi connectivity index (χ0v) is 17.6. The summed E-state index contributed by atoms with van der Waals surface area (Å²) in [6, 6.07) is 0. The van der Waals surface area contributed by atoms with E-state index < -0.39 is 0 Å². The van der Waals surface area contributed by atoms with Crippen LogP contribution in [0.2, 0.25) is 0 Å². The second-order valence-electron chi connectivity index (χ2n) is 7.89. The van der Waals surface area contributed by atoms with Crippen molar-refractivity contribution in [3.63, 3.8) is 0 Å². The largest absolute Gasteiger partial charge is 0.0925 e. The van der Waals surface area contributed by atoms with Crippen molar-refractivity contribution in [1.82, 2.24) is 0 Å². The number of halogens is 1. The fourth-order valence-electron chi connectivity index (χ4n) is 3.25. The molecule has 0 bridgehead atoms. The van der Waals surface area contributed by atoms with Gasteiger partial charge >= 0.3 is 0 Å². The van der Waals surface area contributed by atoms with Gasteiger partial charge < -0.3 is 0 Å². The Balaban J connectivity index is 3.28. The molecule has 0 heterocycles. The van der Waals surface area contributed by atoms with Crippen LogP contribution >= 0.6 is 15.9 Å². The van der Waals surface area contributed by atoms with Crippen LogP contribution in [0.4, 0.5) is 0 Å². The molecule has 0 aromatic rings. The van der Waals surface area contributed by atoms with Crippen molar-refractivity contribution in [2.75, 3.05) is 5.33 Å². The Kier molecular flexibility index (Phi) is 16.7. The van der Waals surface area contributed by atoms with Gasteiger partial charge in [-0.05, 0) is 24.2 Å². The molecule has 0 saturated heterocycles. The predicted octanol–water partition coefficient (Wildman–Crippen LogP) is 8.38. The van der Waals surface area contributed by atoms with Crippen molar-refractivity contribution in [3.05, 3.63) is 0 Å². The molecule has 0 fully saturated rings. The fourth-order valence-corrected chi connectivity index (χ4v) is 3.57. The molecule has 1 heteroatoms. The standard InChI is InChI=1S/C21H43Br/c1-5-6-13-19(2)14-10-8-7-9-11-15-20(3)16-12-17-21(4)18-22/h19-21H,5-18H2,1-4H3. The molecular formula is C21H43Br. The maximum absolute atomic E-state index is 3.57. The summed E-state index contributed by atoms with van der Waals surface area (Å²) >= 11 is 3.57. The first-order chi connectivity index (χ1) is 10.6. The zero-order chi connectivity index (χ0) is 16.6. The van der Waals surface area contributed by atoms with Crippen LogP contribution in [0.3, 0.4) is 0 Å². The maximum atomic E-state index is 3.57. The van der Waals surface area contributed by atoms with Gasteiger partial charge in [-0.15, -0.1) is 0 Å². The van der Waals surface area contributed by atoms with Gasteiger partial charge in [0.25, 0.3) is 0 Å². The van der Waals surface area contributed by atoms with Crippen LogP contribution in [0.5, 0.6) is 0 Å². The lowest BCUT2D eigenvalue weighted by Crippen LogP contribution is -1.99. The van der Waals surface area contributed by atoms with Crippen molar-refractivity contribution >= 4 is 15.9 Å². The predicted molar refractivity (Wildman–Crippen MR) is 107 cm³/mol. The molecule has 134 valence electrons. The molecule has 0 amide bonds. The second kappa shape index (κ2) is 16.3. The minimum absolute atomic E-state index is 0.854. The highest BCUT2D eigenvalue weighted by atomic mass is 79.9. The van der Waals surface area contributed by atoms with Crippen molar-refractivity contribution in [3.8, 4) is 0 Å². The lowest BCUT2D eigenvalue weighted by molar-refractivity contribution is 0.413.